The van der Waals surface area contributed by atoms with Crippen molar-refractivity contribution in [2.45, 2.75) is 350 Å². The zero-order chi connectivity index (χ0) is 55.4. The Morgan fingerprint density at radius 2 is 0.257 bits per heavy atom. The van der Waals surface area contributed by atoms with Gasteiger partial charge in [0, 0.05) is 35.8 Å². The van der Waals surface area contributed by atoms with Crippen LogP contribution in [0.15, 0.2) is 0 Å². The number of carboxylic acid groups (broad SMARTS) is 6. The van der Waals surface area contributed by atoms with Gasteiger partial charge in [0.05, 0.1) is 0 Å². The van der Waals surface area contributed by atoms with Crippen LogP contribution in [0, 0.1) is 0 Å². The van der Waals surface area contributed by atoms with E-state index in [4.69, 9.17) is 0 Å². The van der Waals surface area contributed by atoms with Crippen LogP contribution < -0.4 is 30.6 Å². The van der Waals surface area contributed by atoms with E-state index >= 15 is 0 Å². The Bertz CT molecular complexity index is 893. The molecule has 12 nitrogen and oxygen atoms in total. The normalized spacial score (nSPS) is 9.81. The van der Waals surface area contributed by atoms with Gasteiger partial charge in [-0.2, -0.15) is 0 Å². The molecule has 74 heavy (non-hydrogen) atoms. The third-order valence-corrected chi connectivity index (χ3v) is 11.9. The molecule has 0 aliphatic rings. The predicted octanol–water partition coefficient (Wildman–Crippen LogP) is 10.5. The monoisotopic (exact) mass is 1080 g/mol. The molecule has 0 N–H and O–H groups in total. The molecule has 14 heteroatoms. The number of carboxylic acids is 6. The predicted molar refractivity (Wildman–Crippen MR) is 297 cm³/mol. The number of hydrogen-bond donors (Lipinski definition) is 0. The first-order chi connectivity index (χ1) is 34.6. The van der Waals surface area contributed by atoms with Crippen LogP contribution in [0.25, 0.3) is 0 Å². The molecule has 0 saturated heterocycles. The summed E-state index contributed by atoms with van der Waals surface area (Å²) in [6, 6.07) is 0. The summed E-state index contributed by atoms with van der Waals surface area (Å²) in [5, 5.41) is 60.1. The van der Waals surface area contributed by atoms with E-state index in [9.17, 15) is 59.4 Å². The number of unbranched alkanes of at least 4 members (excludes halogenated alkanes) is 36. The number of aliphatic carboxylic acids is 6. The third kappa shape index (κ3) is 123. The molecule has 0 spiro atoms. The number of hydrogen-bond acceptors (Lipinski definition) is 12. The fourth-order valence-corrected chi connectivity index (χ4v) is 7.36. The molecule has 0 saturated carbocycles. The van der Waals surface area contributed by atoms with E-state index < -0.39 is 35.8 Å². The van der Waals surface area contributed by atoms with E-state index in [0.717, 1.165) is 77.0 Å². The van der Waals surface area contributed by atoms with Crippen molar-refractivity contribution >= 4 is 70.5 Å². The minimum atomic E-state index is -0.913. The maximum Gasteiger partial charge on any atom is 3.00 e. The van der Waals surface area contributed by atoms with Crippen molar-refractivity contribution in [1.29, 1.82) is 0 Å². The summed E-state index contributed by atoms with van der Waals surface area (Å²) >= 11 is 0. The summed E-state index contributed by atoms with van der Waals surface area (Å²) in [7, 11) is 0. The molecule has 0 rings (SSSR count). The molecule has 432 valence electrons. The quantitative estimate of drug-likeness (QED) is 0.0408. The van der Waals surface area contributed by atoms with Gasteiger partial charge in [0.25, 0.3) is 0 Å². The standard InChI is InChI=1S/6C10H20O2.2Al/c6*1-2-3-4-5-6-7-8-9-10(11)12;;/h6*2-9H2,1H3,(H,11,12);;/q;;;;;;2*+3/p-6. The average Bonchev–Trinajstić information content (AvgIpc) is 3.33. The first-order valence-corrected chi connectivity index (χ1v) is 29.8. The maximum atomic E-state index is 10.0. The molecule has 0 aromatic rings. The largest absolute Gasteiger partial charge is 3.00 e. The number of rotatable bonds is 48. The molecule has 0 fully saturated rings. The van der Waals surface area contributed by atoms with Crippen molar-refractivity contribution in [3.8, 4) is 0 Å². The molecule has 0 aromatic heterocycles. The SMILES string of the molecule is CCCCCCCCCC(=O)[O-].CCCCCCCCCC(=O)[O-].CCCCCCCCCC(=O)[O-].CCCCCCCCCC(=O)[O-].CCCCCCCCCC(=O)[O-].CCCCCCCCCC(=O)[O-].[Al+3].[Al+3]. The Kier molecular flexibility index (Phi) is 101. The Labute approximate surface area is 477 Å². The van der Waals surface area contributed by atoms with Crippen LogP contribution >= 0.6 is 0 Å². The minimum absolute atomic E-state index is 0. The first-order valence-electron chi connectivity index (χ1n) is 29.8. The van der Waals surface area contributed by atoms with E-state index in [2.05, 4.69) is 41.5 Å². The van der Waals surface area contributed by atoms with Crippen LogP contribution in [0.2, 0.25) is 0 Å². The van der Waals surface area contributed by atoms with E-state index in [1.807, 2.05) is 0 Å². The molecule has 0 unspecified atom stereocenters. The number of carbonyl (C=O) groups is 6. The fourth-order valence-electron chi connectivity index (χ4n) is 7.36. The zero-order valence-electron chi connectivity index (χ0n) is 49.0. The Morgan fingerprint density at radius 3 is 0.338 bits per heavy atom. The summed E-state index contributed by atoms with van der Waals surface area (Å²) in [5.41, 5.74) is 0. The Balaban J connectivity index is -0.000000117. The van der Waals surface area contributed by atoms with Crippen molar-refractivity contribution in [2.75, 3.05) is 0 Å². The van der Waals surface area contributed by atoms with Crippen LogP contribution in [0.4, 0.5) is 0 Å². The Hall–Kier alpha value is -2.12. The van der Waals surface area contributed by atoms with Crippen LogP contribution in [-0.4, -0.2) is 70.5 Å². The van der Waals surface area contributed by atoms with Crippen LogP contribution in [0.1, 0.15) is 350 Å². The molecule has 0 heterocycles. The second kappa shape index (κ2) is 84.8. The molecule has 0 aliphatic carbocycles. The van der Waals surface area contributed by atoms with Gasteiger partial charge < -0.3 is 59.4 Å². The third-order valence-electron chi connectivity index (χ3n) is 11.9. The van der Waals surface area contributed by atoms with E-state index in [0.29, 0.717) is 0 Å². The van der Waals surface area contributed by atoms with Gasteiger partial charge in [-0.3, -0.25) is 0 Å². The smallest absolute Gasteiger partial charge is 0.550 e. The van der Waals surface area contributed by atoms with Gasteiger partial charge in [-0.25, -0.2) is 0 Å². The van der Waals surface area contributed by atoms with Gasteiger partial charge >= 0.3 is 34.7 Å². The first kappa shape index (κ1) is 88.5. The molecular formula is C60H114Al2O12. The van der Waals surface area contributed by atoms with E-state index in [1.54, 1.807) is 0 Å². The summed E-state index contributed by atoms with van der Waals surface area (Å²) in [6.45, 7) is 13.1. The Morgan fingerprint density at radius 1 is 0.176 bits per heavy atom. The van der Waals surface area contributed by atoms with E-state index in [-0.39, 0.29) is 73.2 Å². The summed E-state index contributed by atoms with van der Waals surface area (Å²) in [6.07, 6.45) is 50.1. The fraction of sp³-hybridized carbons (Fsp3) is 0.900. The molecular weight excluding hydrogens is 967 g/mol. The molecule has 0 aliphatic heterocycles. The number of carbonyl (C=O) groups excluding carboxylic acids is 6. The molecule has 0 atom stereocenters. The second-order valence-electron chi connectivity index (χ2n) is 19.5. The average molecular weight is 1080 g/mol. The van der Waals surface area contributed by atoms with Gasteiger partial charge in [-0.15, -0.1) is 0 Å². The molecule has 0 amide bonds. The topological polar surface area (TPSA) is 241 Å². The van der Waals surface area contributed by atoms with Crippen LogP contribution in [-0.2, 0) is 28.8 Å². The minimum Gasteiger partial charge on any atom is -0.550 e. The van der Waals surface area contributed by atoms with E-state index in [1.165, 1.54) is 193 Å². The van der Waals surface area contributed by atoms with Gasteiger partial charge in [0.1, 0.15) is 0 Å². The van der Waals surface area contributed by atoms with Crippen molar-refractivity contribution in [2.24, 2.45) is 0 Å². The van der Waals surface area contributed by atoms with Crippen LogP contribution in [0.5, 0.6) is 0 Å². The van der Waals surface area contributed by atoms with Gasteiger partial charge in [0.15, 0.2) is 0 Å². The van der Waals surface area contributed by atoms with Gasteiger partial charge in [-0.05, 0) is 77.0 Å². The van der Waals surface area contributed by atoms with Gasteiger partial charge in [0.2, 0.25) is 0 Å². The van der Waals surface area contributed by atoms with Crippen LogP contribution in [0.3, 0.4) is 0 Å². The molecule has 0 aromatic carbocycles. The van der Waals surface area contributed by atoms with Crippen molar-refractivity contribution in [1.82, 2.24) is 0 Å². The summed E-state index contributed by atoms with van der Waals surface area (Å²) in [4.78, 5) is 60.1. The summed E-state index contributed by atoms with van der Waals surface area (Å²) < 4.78 is 0. The van der Waals surface area contributed by atoms with Crippen molar-refractivity contribution in [3.63, 3.8) is 0 Å². The van der Waals surface area contributed by atoms with Crippen molar-refractivity contribution < 1.29 is 59.4 Å². The maximum absolute atomic E-state index is 10.0. The van der Waals surface area contributed by atoms with Crippen molar-refractivity contribution in [3.05, 3.63) is 0 Å². The molecule has 0 bridgehead atoms. The zero-order valence-corrected chi connectivity index (χ0v) is 51.3. The second-order valence-corrected chi connectivity index (χ2v) is 19.5. The molecule has 0 radical (unpaired) electrons. The summed E-state index contributed by atoms with van der Waals surface area (Å²) in [5.74, 6) is -5.48. The van der Waals surface area contributed by atoms with Gasteiger partial charge in [-0.1, -0.05) is 273 Å².